The van der Waals surface area contributed by atoms with Crippen LogP contribution < -0.4 is 10.6 Å². The highest BCUT2D eigenvalue weighted by atomic mass is 16.5. The van der Waals surface area contributed by atoms with Crippen molar-refractivity contribution in [2.24, 2.45) is 0 Å². The number of nitrogens with zero attached hydrogens (tertiary/aromatic N) is 3. The van der Waals surface area contributed by atoms with E-state index in [1.807, 2.05) is 6.07 Å². The zero-order chi connectivity index (χ0) is 24.3. The molecule has 4 rings (SSSR count). The number of ether oxygens (including phenoxy) is 1. The van der Waals surface area contributed by atoms with Gasteiger partial charge in [0.05, 0.1) is 12.3 Å². The highest BCUT2D eigenvalue weighted by molar-refractivity contribution is 6.10. The number of rotatable bonds is 7. The van der Waals surface area contributed by atoms with Gasteiger partial charge in [0, 0.05) is 11.9 Å². The molecule has 4 amide bonds. The van der Waals surface area contributed by atoms with E-state index in [9.17, 15) is 19.2 Å². The van der Waals surface area contributed by atoms with Crippen LogP contribution in [0.5, 0.6) is 0 Å². The number of carbonyl (C=O) groups is 4. The van der Waals surface area contributed by atoms with Crippen molar-refractivity contribution in [2.75, 3.05) is 18.5 Å². The number of urea groups is 1. The lowest BCUT2D eigenvalue weighted by molar-refractivity contribution is -0.133. The minimum atomic E-state index is -1.23. The van der Waals surface area contributed by atoms with Crippen molar-refractivity contribution in [3.63, 3.8) is 0 Å². The average molecular weight is 461 g/mol. The zero-order valence-corrected chi connectivity index (χ0v) is 18.6. The number of aromatic nitrogens is 2. The van der Waals surface area contributed by atoms with Gasteiger partial charge in [0.2, 0.25) is 5.91 Å². The van der Waals surface area contributed by atoms with Crippen LogP contribution in [-0.4, -0.2) is 51.6 Å². The average Bonchev–Trinajstić information content (AvgIpc) is 3.41. The van der Waals surface area contributed by atoms with Crippen LogP contribution in [0.2, 0.25) is 0 Å². The Balaban J connectivity index is 1.39. The van der Waals surface area contributed by atoms with Gasteiger partial charge < -0.3 is 15.4 Å². The standard InChI is InChI=1S/C24H23N5O5/c1-3-34-21(31)19-13-14-29(27-19)18-11-9-17(10-12-18)25-20(30)15-28-22(32)24(2,26-23(28)33)16-7-5-4-6-8-16/h4-14H,3,15H2,1-2H3,(H,25,30)(H,26,33). The van der Waals surface area contributed by atoms with Crippen molar-refractivity contribution in [1.29, 1.82) is 0 Å². The third kappa shape index (κ3) is 4.38. The molecule has 0 saturated carbocycles. The number of hydrogen-bond donors (Lipinski definition) is 2. The second-order valence-corrected chi connectivity index (χ2v) is 7.77. The lowest BCUT2D eigenvalue weighted by Gasteiger charge is -2.22. The summed E-state index contributed by atoms with van der Waals surface area (Å²) in [5, 5.41) is 9.53. The molecule has 1 saturated heterocycles. The summed E-state index contributed by atoms with van der Waals surface area (Å²) in [4.78, 5) is 50.6. The maximum Gasteiger partial charge on any atom is 0.358 e. The third-order valence-corrected chi connectivity index (χ3v) is 5.42. The molecule has 34 heavy (non-hydrogen) atoms. The molecule has 1 aromatic heterocycles. The van der Waals surface area contributed by atoms with E-state index in [0.29, 0.717) is 16.9 Å². The van der Waals surface area contributed by atoms with E-state index < -0.39 is 35.9 Å². The number of benzene rings is 2. The molecule has 1 aliphatic rings. The SMILES string of the molecule is CCOC(=O)c1ccn(-c2ccc(NC(=O)CN3C(=O)NC(C)(c4ccccc4)C3=O)cc2)n1. The van der Waals surface area contributed by atoms with Crippen LogP contribution in [0.4, 0.5) is 10.5 Å². The fraction of sp³-hybridized carbons (Fsp3) is 0.208. The molecule has 0 radical (unpaired) electrons. The number of nitrogens with one attached hydrogen (secondary N) is 2. The molecule has 1 aliphatic heterocycles. The molecule has 0 spiro atoms. The summed E-state index contributed by atoms with van der Waals surface area (Å²) in [7, 11) is 0. The van der Waals surface area contributed by atoms with Gasteiger partial charge in [0.25, 0.3) is 5.91 Å². The molecule has 1 fully saturated rings. The van der Waals surface area contributed by atoms with Crippen molar-refractivity contribution in [3.05, 3.63) is 78.1 Å². The van der Waals surface area contributed by atoms with Gasteiger partial charge >= 0.3 is 12.0 Å². The van der Waals surface area contributed by atoms with E-state index >= 15 is 0 Å². The van der Waals surface area contributed by atoms with Crippen molar-refractivity contribution < 1.29 is 23.9 Å². The van der Waals surface area contributed by atoms with Gasteiger partial charge in [-0.15, -0.1) is 0 Å². The fourth-order valence-corrected chi connectivity index (χ4v) is 3.63. The molecule has 2 aromatic carbocycles. The molecule has 2 N–H and O–H groups in total. The molecule has 0 bridgehead atoms. The van der Waals surface area contributed by atoms with Crippen LogP contribution in [0.15, 0.2) is 66.9 Å². The Morgan fingerprint density at radius 3 is 2.44 bits per heavy atom. The molecule has 10 heteroatoms. The maximum atomic E-state index is 12.9. The predicted molar refractivity (Wildman–Crippen MR) is 122 cm³/mol. The first-order valence-corrected chi connectivity index (χ1v) is 10.6. The van der Waals surface area contributed by atoms with Gasteiger partial charge in [-0.05, 0) is 49.7 Å². The largest absolute Gasteiger partial charge is 0.461 e. The van der Waals surface area contributed by atoms with Crippen molar-refractivity contribution in [1.82, 2.24) is 20.0 Å². The number of hydrogen-bond acceptors (Lipinski definition) is 6. The second-order valence-electron chi connectivity index (χ2n) is 7.77. The first-order chi connectivity index (χ1) is 16.3. The lowest BCUT2D eigenvalue weighted by Crippen LogP contribution is -2.42. The highest BCUT2D eigenvalue weighted by Crippen LogP contribution is 2.28. The Labute approximate surface area is 195 Å². The van der Waals surface area contributed by atoms with Gasteiger partial charge in [-0.2, -0.15) is 5.10 Å². The molecular weight excluding hydrogens is 438 g/mol. The van der Waals surface area contributed by atoms with Gasteiger partial charge in [0.1, 0.15) is 12.1 Å². The lowest BCUT2D eigenvalue weighted by atomic mass is 9.92. The summed E-state index contributed by atoms with van der Waals surface area (Å²) in [6.45, 7) is 3.17. The number of carbonyl (C=O) groups excluding carboxylic acids is 4. The Morgan fingerprint density at radius 2 is 1.76 bits per heavy atom. The van der Waals surface area contributed by atoms with Crippen molar-refractivity contribution in [2.45, 2.75) is 19.4 Å². The first-order valence-electron chi connectivity index (χ1n) is 10.6. The molecule has 10 nitrogen and oxygen atoms in total. The van der Waals surface area contributed by atoms with E-state index in [1.165, 1.54) is 4.68 Å². The van der Waals surface area contributed by atoms with E-state index in [0.717, 1.165) is 4.90 Å². The molecule has 3 aromatic rings. The molecule has 1 atom stereocenters. The third-order valence-electron chi connectivity index (χ3n) is 5.42. The molecule has 0 aliphatic carbocycles. The van der Waals surface area contributed by atoms with Crippen molar-refractivity contribution in [3.8, 4) is 5.69 Å². The van der Waals surface area contributed by atoms with Gasteiger partial charge in [-0.3, -0.25) is 14.5 Å². The van der Waals surface area contributed by atoms with Crippen LogP contribution in [0.1, 0.15) is 29.9 Å². The number of esters is 1. The number of amides is 4. The first kappa shape index (κ1) is 22.7. The number of anilines is 1. The van der Waals surface area contributed by atoms with Crippen LogP contribution in [0, 0.1) is 0 Å². The summed E-state index contributed by atoms with van der Waals surface area (Å²) in [5.41, 5.74) is 0.740. The number of imide groups is 1. The quantitative estimate of drug-likeness (QED) is 0.412. The normalized spacial score (nSPS) is 17.4. The Morgan fingerprint density at radius 1 is 1.06 bits per heavy atom. The van der Waals surface area contributed by atoms with Crippen LogP contribution in [-0.2, 0) is 19.9 Å². The van der Waals surface area contributed by atoms with Gasteiger partial charge in [-0.1, -0.05) is 30.3 Å². The van der Waals surface area contributed by atoms with E-state index in [-0.39, 0.29) is 12.3 Å². The summed E-state index contributed by atoms with van der Waals surface area (Å²) >= 11 is 0. The molecule has 2 heterocycles. The topological polar surface area (TPSA) is 123 Å². The molecule has 174 valence electrons. The monoisotopic (exact) mass is 461 g/mol. The fourth-order valence-electron chi connectivity index (χ4n) is 3.63. The minimum Gasteiger partial charge on any atom is -0.461 e. The Hall–Kier alpha value is -4.47. The zero-order valence-electron chi connectivity index (χ0n) is 18.6. The predicted octanol–water partition coefficient (Wildman–Crippen LogP) is 2.45. The van der Waals surface area contributed by atoms with E-state index in [4.69, 9.17) is 4.74 Å². The van der Waals surface area contributed by atoms with Gasteiger partial charge in [-0.25, -0.2) is 14.3 Å². The van der Waals surface area contributed by atoms with E-state index in [1.54, 1.807) is 74.6 Å². The maximum absolute atomic E-state index is 12.9. The summed E-state index contributed by atoms with van der Waals surface area (Å²) in [6, 6.07) is 16.5. The van der Waals surface area contributed by atoms with Crippen LogP contribution in [0.3, 0.4) is 0 Å². The summed E-state index contributed by atoms with van der Waals surface area (Å²) in [5.74, 6) is -1.52. The summed E-state index contributed by atoms with van der Waals surface area (Å²) < 4.78 is 6.44. The molecule has 1 unspecified atom stereocenters. The Kier molecular flexibility index (Phi) is 6.13. The van der Waals surface area contributed by atoms with Crippen LogP contribution in [0.25, 0.3) is 5.69 Å². The second kappa shape index (κ2) is 9.18. The van der Waals surface area contributed by atoms with Gasteiger partial charge in [0.15, 0.2) is 5.69 Å². The highest BCUT2D eigenvalue weighted by Gasteiger charge is 2.49. The van der Waals surface area contributed by atoms with E-state index in [2.05, 4.69) is 15.7 Å². The Bertz CT molecular complexity index is 1240. The van der Waals surface area contributed by atoms with Crippen molar-refractivity contribution >= 4 is 29.5 Å². The minimum absolute atomic E-state index is 0.190. The van der Waals surface area contributed by atoms with Crippen LogP contribution >= 0.6 is 0 Å². The summed E-state index contributed by atoms with van der Waals surface area (Å²) in [6.07, 6.45) is 1.63. The molecular formula is C24H23N5O5. The smallest absolute Gasteiger partial charge is 0.358 e.